The van der Waals surface area contributed by atoms with Gasteiger partial charge in [0.2, 0.25) is 0 Å². The van der Waals surface area contributed by atoms with Gasteiger partial charge in [0.15, 0.2) is 11.5 Å². The van der Waals surface area contributed by atoms with Gasteiger partial charge in [0.05, 0.1) is 5.52 Å². The molecule has 4 aromatic rings. The van der Waals surface area contributed by atoms with Crippen molar-refractivity contribution in [1.82, 2.24) is 30.7 Å². The largest absolute Gasteiger partial charge is 0.476 e. The van der Waals surface area contributed by atoms with Gasteiger partial charge in [-0.15, -0.1) is 0 Å². The molecule has 4 rings (SSSR count). The number of carboxylic acids is 1. The predicted molar refractivity (Wildman–Crippen MR) is 96.0 cm³/mol. The molecule has 0 unspecified atom stereocenters. The first kappa shape index (κ1) is 16.5. The molecule has 134 valence electrons. The van der Waals surface area contributed by atoms with Gasteiger partial charge >= 0.3 is 5.97 Å². The predicted octanol–water partition coefficient (Wildman–Crippen LogP) is 1.98. The highest BCUT2D eigenvalue weighted by atomic mass is 16.4. The maximum atomic E-state index is 12.5. The molecule has 0 saturated heterocycles. The molecule has 0 saturated carbocycles. The molecule has 0 spiro atoms. The normalized spacial score (nSPS) is 10.8. The number of hydrogen-bond acceptors (Lipinski definition) is 5. The van der Waals surface area contributed by atoms with E-state index in [0.29, 0.717) is 28.8 Å². The van der Waals surface area contributed by atoms with E-state index < -0.39 is 5.97 Å². The number of fused-ring (bicyclic) bond motifs is 1. The molecule has 9 nitrogen and oxygen atoms in total. The molecule has 2 heterocycles. The number of nitrogens with zero attached hydrogens (tertiary/aromatic N) is 3. The van der Waals surface area contributed by atoms with Crippen molar-refractivity contribution in [2.75, 3.05) is 0 Å². The van der Waals surface area contributed by atoms with Crippen LogP contribution in [0.2, 0.25) is 0 Å². The van der Waals surface area contributed by atoms with Crippen molar-refractivity contribution in [1.29, 1.82) is 0 Å². The fraction of sp³-hybridized carbons (Fsp3) is 0.0556. The van der Waals surface area contributed by atoms with Crippen LogP contribution in [0.1, 0.15) is 26.4 Å². The van der Waals surface area contributed by atoms with Gasteiger partial charge in [0, 0.05) is 23.1 Å². The van der Waals surface area contributed by atoms with E-state index in [0.717, 1.165) is 11.1 Å². The minimum absolute atomic E-state index is 0.112. The fourth-order valence-corrected chi connectivity index (χ4v) is 2.78. The zero-order valence-corrected chi connectivity index (χ0v) is 13.9. The minimum Gasteiger partial charge on any atom is -0.476 e. The van der Waals surface area contributed by atoms with Crippen LogP contribution in [0.15, 0.2) is 48.8 Å². The Bertz CT molecular complexity index is 1130. The summed E-state index contributed by atoms with van der Waals surface area (Å²) in [5.74, 6) is -0.808. The summed E-state index contributed by atoms with van der Waals surface area (Å²) in [5, 5.41) is 25.4. The number of H-pyrrole nitrogens is 2. The van der Waals surface area contributed by atoms with Crippen LogP contribution in [0.4, 0.5) is 0 Å². The molecule has 1 amide bonds. The van der Waals surface area contributed by atoms with Gasteiger partial charge < -0.3 is 10.4 Å². The average Bonchev–Trinajstić information content (AvgIpc) is 3.35. The third-order valence-corrected chi connectivity index (χ3v) is 4.10. The number of aromatic carboxylic acids is 1. The van der Waals surface area contributed by atoms with E-state index in [2.05, 4.69) is 30.7 Å². The molecule has 0 radical (unpaired) electrons. The maximum Gasteiger partial charge on any atom is 0.357 e. The number of rotatable bonds is 5. The van der Waals surface area contributed by atoms with E-state index in [1.54, 1.807) is 12.1 Å². The zero-order chi connectivity index (χ0) is 18.8. The summed E-state index contributed by atoms with van der Waals surface area (Å²) >= 11 is 0. The lowest BCUT2D eigenvalue weighted by Gasteiger charge is -2.07. The van der Waals surface area contributed by atoms with Gasteiger partial charge in [0.25, 0.3) is 5.91 Å². The van der Waals surface area contributed by atoms with Crippen LogP contribution in [0, 0.1) is 0 Å². The monoisotopic (exact) mass is 362 g/mol. The summed E-state index contributed by atoms with van der Waals surface area (Å²) in [6, 6.07) is 12.3. The van der Waals surface area contributed by atoms with Crippen molar-refractivity contribution in [2.45, 2.75) is 6.54 Å². The van der Waals surface area contributed by atoms with Crippen LogP contribution in [0.25, 0.3) is 22.3 Å². The number of benzene rings is 2. The second kappa shape index (κ2) is 6.71. The Balaban J connectivity index is 1.51. The lowest BCUT2D eigenvalue weighted by atomic mass is 10.1. The number of amides is 1. The summed E-state index contributed by atoms with van der Waals surface area (Å²) < 4.78 is 0. The molecule has 2 aromatic carbocycles. The summed E-state index contributed by atoms with van der Waals surface area (Å²) in [6.45, 7) is 0.315. The van der Waals surface area contributed by atoms with Gasteiger partial charge in [-0.25, -0.2) is 9.78 Å². The molecule has 0 fully saturated rings. The van der Waals surface area contributed by atoms with Crippen molar-refractivity contribution >= 4 is 22.8 Å². The topological polar surface area (TPSA) is 137 Å². The molecule has 9 heteroatoms. The van der Waals surface area contributed by atoms with Crippen molar-refractivity contribution in [3.05, 3.63) is 65.6 Å². The van der Waals surface area contributed by atoms with Crippen LogP contribution < -0.4 is 5.32 Å². The highest BCUT2D eigenvalue weighted by Crippen LogP contribution is 2.18. The Labute approximate surface area is 152 Å². The standard InChI is InChI=1S/C18H14N6O3/c25-17(12-4-5-14-13(7-12)15(18(26)27)23-22-14)19-8-10-2-1-3-11(6-10)16-20-9-21-24-16/h1-7,9H,8H2,(H,19,25)(H,22,23)(H,26,27)(H,20,21,24). The summed E-state index contributed by atoms with van der Waals surface area (Å²) in [4.78, 5) is 27.8. The third kappa shape index (κ3) is 3.25. The summed E-state index contributed by atoms with van der Waals surface area (Å²) in [6.07, 6.45) is 1.43. The van der Waals surface area contributed by atoms with Crippen molar-refractivity contribution < 1.29 is 14.7 Å². The lowest BCUT2D eigenvalue weighted by molar-refractivity contribution is 0.0692. The molecule has 4 N–H and O–H groups in total. The molecule has 0 aliphatic carbocycles. The molecule has 0 bridgehead atoms. The maximum absolute atomic E-state index is 12.5. The molecular weight excluding hydrogens is 348 g/mol. The van der Waals surface area contributed by atoms with Gasteiger partial charge in [-0.1, -0.05) is 18.2 Å². The second-order valence-electron chi connectivity index (χ2n) is 5.85. The lowest BCUT2D eigenvalue weighted by Crippen LogP contribution is -2.22. The first-order valence-corrected chi connectivity index (χ1v) is 8.06. The molecule has 0 atom stereocenters. The summed E-state index contributed by atoms with van der Waals surface area (Å²) in [7, 11) is 0. The van der Waals surface area contributed by atoms with Crippen molar-refractivity contribution in [3.63, 3.8) is 0 Å². The number of carbonyl (C=O) groups excluding carboxylic acids is 1. The third-order valence-electron chi connectivity index (χ3n) is 4.10. The van der Waals surface area contributed by atoms with Crippen LogP contribution in [0.3, 0.4) is 0 Å². The number of nitrogens with one attached hydrogen (secondary N) is 3. The number of carbonyl (C=O) groups is 2. The van der Waals surface area contributed by atoms with Crippen LogP contribution >= 0.6 is 0 Å². The quantitative estimate of drug-likeness (QED) is 0.428. The van der Waals surface area contributed by atoms with E-state index >= 15 is 0 Å². The Morgan fingerprint density at radius 3 is 2.78 bits per heavy atom. The van der Waals surface area contributed by atoms with Crippen molar-refractivity contribution in [3.8, 4) is 11.4 Å². The van der Waals surface area contributed by atoms with E-state index in [4.69, 9.17) is 5.11 Å². The number of aromatic nitrogens is 5. The Morgan fingerprint density at radius 2 is 2.00 bits per heavy atom. The van der Waals surface area contributed by atoms with Gasteiger partial charge in [-0.2, -0.15) is 10.2 Å². The average molecular weight is 362 g/mol. The van der Waals surface area contributed by atoms with Gasteiger partial charge in [-0.05, 0) is 29.8 Å². The molecule has 0 aliphatic heterocycles. The van der Waals surface area contributed by atoms with Crippen molar-refractivity contribution in [2.24, 2.45) is 0 Å². The molecule has 27 heavy (non-hydrogen) atoms. The SMILES string of the molecule is O=C(NCc1cccc(-c2ncn[nH]2)c1)c1ccc2[nH]nc(C(=O)O)c2c1. The number of aromatic amines is 2. The van der Waals surface area contributed by atoms with Crippen LogP contribution in [0.5, 0.6) is 0 Å². The van der Waals surface area contributed by atoms with Gasteiger partial charge in [-0.3, -0.25) is 15.0 Å². The highest BCUT2D eigenvalue weighted by molar-refractivity contribution is 6.04. The highest BCUT2D eigenvalue weighted by Gasteiger charge is 2.15. The Kier molecular flexibility index (Phi) is 4.09. The number of hydrogen-bond donors (Lipinski definition) is 4. The van der Waals surface area contributed by atoms with E-state index in [1.165, 1.54) is 12.4 Å². The van der Waals surface area contributed by atoms with E-state index in [9.17, 15) is 9.59 Å². The van der Waals surface area contributed by atoms with Crippen LogP contribution in [-0.2, 0) is 6.54 Å². The Morgan fingerprint density at radius 1 is 1.11 bits per heavy atom. The molecule has 2 aromatic heterocycles. The van der Waals surface area contributed by atoms with E-state index in [1.807, 2.05) is 24.3 Å². The van der Waals surface area contributed by atoms with E-state index in [-0.39, 0.29) is 11.6 Å². The first-order valence-electron chi connectivity index (χ1n) is 8.06. The Hall–Kier alpha value is -4.01. The molecule has 0 aliphatic rings. The second-order valence-corrected chi connectivity index (χ2v) is 5.85. The molecular formula is C18H14N6O3. The minimum atomic E-state index is -1.15. The first-order chi connectivity index (χ1) is 13.1. The zero-order valence-electron chi connectivity index (χ0n) is 13.9. The van der Waals surface area contributed by atoms with Crippen LogP contribution in [-0.4, -0.2) is 42.4 Å². The fourth-order valence-electron chi connectivity index (χ4n) is 2.78. The van der Waals surface area contributed by atoms with Gasteiger partial charge in [0.1, 0.15) is 6.33 Å². The number of carboxylic acid groups (broad SMARTS) is 1. The smallest absolute Gasteiger partial charge is 0.357 e. The summed E-state index contributed by atoms with van der Waals surface area (Å²) in [5.41, 5.74) is 2.57.